The van der Waals surface area contributed by atoms with Crippen LogP contribution in [0.15, 0.2) is 0 Å². The lowest BCUT2D eigenvalue weighted by atomic mass is 10.0. The zero-order valence-corrected chi connectivity index (χ0v) is 16.0. The van der Waals surface area contributed by atoms with Gasteiger partial charge in [0, 0.05) is 27.7 Å². The average Bonchev–Trinajstić information content (AvgIpc) is 2.45. The van der Waals surface area contributed by atoms with Crippen molar-refractivity contribution >= 4 is 47.1 Å². The summed E-state index contributed by atoms with van der Waals surface area (Å²) in [6.45, 7) is 3.82. The monoisotopic (exact) mass is 427 g/mol. The molecule has 0 amide bonds. The van der Waals surface area contributed by atoms with E-state index in [1.165, 1.54) is 0 Å². The van der Waals surface area contributed by atoms with E-state index in [-0.39, 0.29) is 23.3 Å². The minimum atomic E-state index is -1.45. The Morgan fingerprint density at radius 1 is 0.840 bits per heavy atom. The molecule has 0 aromatic heterocycles. The van der Waals surface area contributed by atoms with Crippen LogP contribution in [0.5, 0.6) is 0 Å². The van der Waals surface area contributed by atoms with Crippen molar-refractivity contribution in [2.24, 2.45) is 5.73 Å². The largest absolute Gasteiger partial charge is 0.462 e. The van der Waals surface area contributed by atoms with Crippen molar-refractivity contribution in [1.29, 1.82) is 0 Å². The van der Waals surface area contributed by atoms with Crippen LogP contribution in [-0.2, 0) is 42.9 Å². The Morgan fingerprint density at radius 2 is 1.28 bits per heavy atom. The molecule has 0 aliphatic heterocycles. The fraction of sp³-hybridized carbons (Fsp3) is 0.643. The van der Waals surface area contributed by atoms with E-state index in [0.717, 1.165) is 27.7 Å². The third kappa shape index (κ3) is 10.5. The third-order valence-electron chi connectivity index (χ3n) is 2.60. The Balaban J connectivity index is 0. The molecule has 0 radical (unpaired) electrons. The first kappa shape index (κ1) is 25.2. The molecule has 0 bridgehead atoms. The standard InChI is InChI=1S/C14H21NO9.BrH/c1-7(17)21-6-12(22-8(2)18)14(24-10(4)20)13(11(15)5-16)23-9(3)19;/h5,11-14H,6,15H2,1-4H3;1H/t11-,12+,13+,14+;/m0./s1. The van der Waals surface area contributed by atoms with Crippen LogP contribution in [-0.4, -0.2) is 61.1 Å². The van der Waals surface area contributed by atoms with Crippen molar-refractivity contribution in [1.82, 2.24) is 0 Å². The Kier molecular flexibility index (Phi) is 12.5. The Labute approximate surface area is 155 Å². The van der Waals surface area contributed by atoms with Gasteiger partial charge in [-0.05, 0) is 0 Å². The predicted octanol–water partition coefficient (Wildman–Crippen LogP) is -0.551. The molecule has 0 saturated carbocycles. The second kappa shape index (κ2) is 12.4. The van der Waals surface area contributed by atoms with Gasteiger partial charge in [-0.1, -0.05) is 0 Å². The lowest BCUT2D eigenvalue weighted by Crippen LogP contribution is -2.55. The van der Waals surface area contributed by atoms with E-state index in [9.17, 15) is 24.0 Å². The van der Waals surface area contributed by atoms with E-state index in [2.05, 4.69) is 0 Å². The van der Waals surface area contributed by atoms with Gasteiger partial charge in [-0.3, -0.25) is 19.2 Å². The van der Waals surface area contributed by atoms with Crippen molar-refractivity contribution in [3.05, 3.63) is 0 Å². The number of halogens is 1. The lowest BCUT2D eigenvalue weighted by Gasteiger charge is -2.32. The minimum Gasteiger partial charge on any atom is -0.462 e. The lowest BCUT2D eigenvalue weighted by molar-refractivity contribution is -0.190. The minimum absolute atomic E-state index is 0. The van der Waals surface area contributed by atoms with E-state index in [0.29, 0.717) is 0 Å². The maximum absolute atomic E-state index is 11.3. The molecule has 4 atom stereocenters. The van der Waals surface area contributed by atoms with Gasteiger partial charge in [0.2, 0.25) is 0 Å². The zero-order valence-electron chi connectivity index (χ0n) is 14.3. The molecule has 0 aromatic rings. The van der Waals surface area contributed by atoms with Crippen LogP contribution >= 0.6 is 17.0 Å². The van der Waals surface area contributed by atoms with Crippen LogP contribution in [0.1, 0.15) is 27.7 Å². The normalized spacial score (nSPS) is 14.6. The fourth-order valence-electron chi connectivity index (χ4n) is 1.79. The summed E-state index contributed by atoms with van der Waals surface area (Å²) >= 11 is 0. The number of rotatable bonds is 9. The highest BCUT2D eigenvalue weighted by Gasteiger charge is 2.41. The molecule has 0 aromatic carbocycles. The number of esters is 4. The summed E-state index contributed by atoms with van der Waals surface area (Å²) in [5.41, 5.74) is 5.58. The molecule has 0 fully saturated rings. The quantitative estimate of drug-likeness (QED) is 0.288. The van der Waals surface area contributed by atoms with E-state index in [1.54, 1.807) is 0 Å². The molecule has 0 saturated heterocycles. The van der Waals surface area contributed by atoms with Crippen LogP contribution in [0.2, 0.25) is 0 Å². The molecule has 25 heavy (non-hydrogen) atoms. The van der Waals surface area contributed by atoms with E-state index in [4.69, 9.17) is 24.7 Å². The van der Waals surface area contributed by atoms with Crippen molar-refractivity contribution in [3.8, 4) is 0 Å². The predicted molar refractivity (Wildman–Crippen MR) is 87.7 cm³/mol. The highest BCUT2D eigenvalue weighted by Crippen LogP contribution is 2.16. The number of hydrogen-bond acceptors (Lipinski definition) is 10. The maximum atomic E-state index is 11.3. The Hall–Kier alpha value is -2.01. The Bertz CT molecular complexity index is 497. The number of carbonyl (C=O) groups is 5. The first-order valence-electron chi connectivity index (χ1n) is 6.94. The van der Waals surface area contributed by atoms with Gasteiger partial charge in [-0.15, -0.1) is 17.0 Å². The molecule has 144 valence electrons. The average molecular weight is 428 g/mol. The summed E-state index contributed by atoms with van der Waals surface area (Å²) in [6.07, 6.45) is -3.94. The molecule has 0 heterocycles. The molecule has 2 N–H and O–H groups in total. The highest BCUT2D eigenvalue weighted by molar-refractivity contribution is 8.93. The molecule has 0 aliphatic carbocycles. The second-order valence-electron chi connectivity index (χ2n) is 4.81. The van der Waals surface area contributed by atoms with Gasteiger partial charge >= 0.3 is 23.9 Å². The highest BCUT2D eigenvalue weighted by atomic mass is 79.9. The van der Waals surface area contributed by atoms with Gasteiger partial charge < -0.3 is 29.5 Å². The Morgan fingerprint density at radius 3 is 1.64 bits per heavy atom. The molecule has 0 rings (SSSR count). The van der Waals surface area contributed by atoms with Gasteiger partial charge in [-0.25, -0.2) is 0 Å². The number of ether oxygens (including phenoxy) is 4. The number of nitrogens with two attached hydrogens (primary N) is 1. The van der Waals surface area contributed by atoms with Gasteiger partial charge in [0.25, 0.3) is 0 Å². The SMILES string of the molecule is Br.CC(=O)OC[C@@H](OC(C)=O)[C@@H](OC(C)=O)[C@H](OC(C)=O)[C@@H](N)C=O. The van der Waals surface area contributed by atoms with Crippen molar-refractivity contribution in [3.63, 3.8) is 0 Å². The topological polar surface area (TPSA) is 148 Å². The number of carbonyl (C=O) groups excluding carboxylic acids is 5. The molecule has 0 aliphatic rings. The first-order valence-corrected chi connectivity index (χ1v) is 6.94. The number of aldehydes is 1. The summed E-state index contributed by atoms with van der Waals surface area (Å²) in [5, 5.41) is 0. The zero-order chi connectivity index (χ0) is 18.9. The van der Waals surface area contributed by atoms with Gasteiger partial charge in [-0.2, -0.15) is 0 Å². The van der Waals surface area contributed by atoms with Crippen molar-refractivity contribution < 1.29 is 42.9 Å². The van der Waals surface area contributed by atoms with E-state index < -0.39 is 54.8 Å². The summed E-state index contributed by atoms with van der Waals surface area (Å²) in [6, 6.07) is -1.37. The molecular formula is C14H22BrNO9. The van der Waals surface area contributed by atoms with Crippen LogP contribution in [0.4, 0.5) is 0 Å². The van der Waals surface area contributed by atoms with Crippen molar-refractivity contribution in [2.75, 3.05) is 6.61 Å². The fourth-order valence-corrected chi connectivity index (χ4v) is 1.79. The summed E-state index contributed by atoms with van der Waals surface area (Å²) < 4.78 is 19.7. The molecule has 0 spiro atoms. The molecule has 11 heteroatoms. The van der Waals surface area contributed by atoms with Crippen LogP contribution in [0.25, 0.3) is 0 Å². The summed E-state index contributed by atoms with van der Waals surface area (Å²) in [5.74, 6) is -3.07. The molecule has 10 nitrogen and oxygen atoms in total. The second-order valence-corrected chi connectivity index (χ2v) is 4.81. The van der Waals surface area contributed by atoms with E-state index in [1.807, 2.05) is 0 Å². The van der Waals surface area contributed by atoms with Crippen molar-refractivity contribution in [2.45, 2.75) is 52.0 Å². The van der Waals surface area contributed by atoms with Gasteiger partial charge in [0.05, 0.1) is 0 Å². The van der Waals surface area contributed by atoms with Gasteiger partial charge in [0.15, 0.2) is 18.3 Å². The smallest absolute Gasteiger partial charge is 0.303 e. The van der Waals surface area contributed by atoms with Crippen LogP contribution < -0.4 is 5.73 Å². The molecular weight excluding hydrogens is 406 g/mol. The third-order valence-corrected chi connectivity index (χ3v) is 2.60. The summed E-state index contributed by atoms with van der Waals surface area (Å²) in [7, 11) is 0. The maximum Gasteiger partial charge on any atom is 0.303 e. The summed E-state index contributed by atoms with van der Waals surface area (Å²) in [4.78, 5) is 55.8. The molecule has 0 unspecified atom stereocenters. The van der Waals surface area contributed by atoms with E-state index >= 15 is 0 Å². The van der Waals surface area contributed by atoms with Gasteiger partial charge in [0.1, 0.15) is 18.9 Å². The van der Waals surface area contributed by atoms with Crippen LogP contribution in [0.3, 0.4) is 0 Å². The van der Waals surface area contributed by atoms with Crippen LogP contribution in [0, 0.1) is 0 Å². The first-order chi connectivity index (χ1) is 11.1. The number of hydrogen-bond donors (Lipinski definition) is 1.